The third-order valence-corrected chi connectivity index (χ3v) is 3.29. The van der Waals surface area contributed by atoms with Crippen LogP contribution in [0, 0.1) is 17.0 Å². The highest BCUT2D eigenvalue weighted by Gasteiger charge is 2.19. The molecule has 0 radical (unpaired) electrons. The molecule has 0 atom stereocenters. The van der Waals surface area contributed by atoms with Gasteiger partial charge in [0.15, 0.2) is 6.61 Å². The molecule has 0 aliphatic carbocycles. The number of esters is 1. The molecular formula is C16H16N2O6. The van der Waals surface area contributed by atoms with Crippen LogP contribution in [0.5, 0.6) is 0 Å². The Morgan fingerprint density at radius 1 is 1.25 bits per heavy atom. The smallest absolute Gasteiger partial charge is 0.433 e. The SMILES string of the molecule is Cc1ccccc1CCNC(=O)COC(=O)c1ccc([N+](=O)[O-])o1. The zero-order valence-corrected chi connectivity index (χ0v) is 13.0. The van der Waals surface area contributed by atoms with E-state index in [1.165, 1.54) is 0 Å². The van der Waals surface area contributed by atoms with Crippen molar-refractivity contribution in [3.05, 3.63) is 63.4 Å². The Labute approximate surface area is 137 Å². The zero-order valence-electron chi connectivity index (χ0n) is 13.0. The van der Waals surface area contributed by atoms with Gasteiger partial charge in [0, 0.05) is 6.54 Å². The minimum atomic E-state index is -0.933. The number of nitrogens with one attached hydrogen (secondary N) is 1. The van der Waals surface area contributed by atoms with E-state index in [0.29, 0.717) is 13.0 Å². The Bertz CT molecular complexity index is 753. The summed E-state index contributed by atoms with van der Waals surface area (Å²) in [6.07, 6.45) is 0.663. The first-order valence-corrected chi connectivity index (χ1v) is 7.20. The molecule has 0 saturated carbocycles. The maximum atomic E-state index is 11.6. The normalized spacial score (nSPS) is 10.2. The first-order chi connectivity index (χ1) is 11.5. The van der Waals surface area contributed by atoms with Gasteiger partial charge in [0.2, 0.25) is 5.76 Å². The predicted octanol–water partition coefficient (Wildman–Crippen LogP) is 2.01. The van der Waals surface area contributed by atoms with Crippen molar-refractivity contribution in [2.24, 2.45) is 0 Å². The summed E-state index contributed by atoms with van der Waals surface area (Å²) >= 11 is 0. The average molecular weight is 332 g/mol. The number of benzene rings is 1. The van der Waals surface area contributed by atoms with Gasteiger partial charge >= 0.3 is 11.9 Å². The molecule has 24 heavy (non-hydrogen) atoms. The van der Waals surface area contributed by atoms with Crippen LogP contribution >= 0.6 is 0 Å². The number of rotatable bonds is 7. The summed E-state index contributed by atoms with van der Waals surface area (Å²) in [6.45, 7) is 1.91. The molecule has 1 aromatic heterocycles. The Morgan fingerprint density at radius 2 is 2.00 bits per heavy atom. The second-order valence-electron chi connectivity index (χ2n) is 5.00. The molecule has 1 aromatic carbocycles. The molecule has 0 aliphatic rings. The molecule has 1 N–H and O–H groups in total. The summed E-state index contributed by atoms with van der Waals surface area (Å²) in [5.41, 5.74) is 2.26. The largest absolute Gasteiger partial charge is 0.450 e. The third-order valence-electron chi connectivity index (χ3n) is 3.29. The number of hydrogen-bond donors (Lipinski definition) is 1. The van der Waals surface area contributed by atoms with Gasteiger partial charge in [-0.05, 0) is 30.5 Å². The van der Waals surface area contributed by atoms with E-state index in [0.717, 1.165) is 23.3 Å². The highest BCUT2D eigenvalue weighted by molar-refractivity contribution is 5.89. The standard InChI is InChI=1S/C16H16N2O6/c1-11-4-2-3-5-12(11)8-9-17-14(19)10-23-16(20)13-6-7-15(24-13)18(21)22/h2-7H,8-10H2,1H3,(H,17,19). The predicted molar refractivity (Wildman–Crippen MR) is 83.5 cm³/mol. The van der Waals surface area contributed by atoms with E-state index in [-0.39, 0.29) is 5.76 Å². The van der Waals surface area contributed by atoms with E-state index >= 15 is 0 Å². The first kappa shape index (κ1) is 17.2. The number of furan rings is 1. The molecule has 8 nitrogen and oxygen atoms in total. The van der Waals surface area contributed by atoms with Crippen LogP contribution in [-0.4, -0.2) is 30.0 Å². The molecule has 1 amide bonds. The molecular weight excluding hydrogens is 316 g/mol. The number of carbonyl (C=O) groups is 2. The summed E-state index contributed by atoms with van der Waals surface area (Å²) in [6, 6.07) is 9.99. The molecule has 2 rings (SSSR count). The van der Waals surface area contributed by atoms with Gasteiger partial charge < -0.3 is 14.5 Å². The summed E-state index contributed by atoms with van der Waals surface area (Å²) in [4.78, 5) is 32.9. The van der Waals surface area contributed by atoms with E-state index in [9.17, 15) is 19.7 Å². The van der Waals surface area contributed by atoms with Gasteiger partial charge in [0.25, 0.3) is 5.91 Å². The van der Waals surface area contributed by atoms with Crippen LogP contribution < -0.4 is 5.32 Å². The summed E-state index contributed by atoms with van der Waals surface area (Å²) in [5, 5.41) is 13.1. The Balaban J connectivity index is 1.73. The van der Waals surface area contributed by atoms with Crippen LogP contribution in [0.25, 0.3) is 0 Å². The van der Waals surface area contributed by atoms with Crippen LogP contribution in [0.2, 0.25) is 0 Å². The maximum absolute atomic E-state index is 11.6. The maximum Gasteiger partial charge on any atom is 0.433 e. The Hall–Kier alpha value is -3.16. The van der Waals surface area contributed by atoms with Crippen LogP contribution in [0.1, 0.15) is 21.7 Å². The summed E-state index contributed by atoms with van der Waals surface area (Å²) < 4.78 is 9.43. The lowest BCUT2D eigenvalue weighted by atomic mass is 10.1. The van der Waals surface area contributed by atoms with Gasteiger partial charge in [-0.15, -0.1) is 0 Å². The minimum Gasteiger partial charge on any atom is -0.450 e. The topological polar surface area (TPSA) is 112 Å². The molecule has 0 aliphatic heterocycles. The summed E-state index contributed by atoms with van der Waals surface area (Å²) in [5.74, 6) is -2.28. The second-order valence-corrected chi connectivity index (χ2v) is 5.00. The number of amides is 1. The van der Waals surface area contributed by atoms with Crippen molar-refractivity contribution in [1.29, 1.82) is 0 Å². The van der Waals surface area contributed by atoms with Crippen LogP contribution in [0.3, 0.4) is 0 Å². The van der Waals surface area contributed by atoms with Gasteiger partial charge in [-0.1, -0.05) is 24.3 Å². The fourth-order valence-electron chi connectivity index (χ4n) is 2.02. The van der Waals surface area contributed by atoms with E-state index in [4.69, 9.17) is 4.74 Å². The summed E-state index contributed by atoms with van der Waals surface area (Å²) in [7, 11) is 0. The van der Waals surface area contributed by atoms with Gasteiger partial charge in [0.1, 0.15) is 4.92 Å². The Kier molecular flexibility index (Phi) is 5.67. The molecule has 0 spiro atoms. The zero-order chi connectivity index (χ0) is 17.5. The molecule has 0 bridgehead atoms. The number of hydrogen-bond acceptors (Lipinski definition) is 6. The molecule has 8 heteroatoms. The van der Waals surface area contributed by atoms with Crippen LogP contribution in [0.4, 0.5) is 5.88 Å². The van der Waals surface area contributed by atoms with Gasteiger partial charge in [-0.3, -0.25) is 14.9 Å². The number of nitro groups is 1. The average Bonchev–Trinajstić information content (AvgIpc) is 3.05. The lowest BCUT2D eigenvalue weighted by Gasteiger charge is -2.07. The van der Waals surface area contributed by atoms with Crippen molar-refractivity contribution < 1.29 is 23.7 Å². The van der Waals surface area contributed by atoms with Crippen LogP contribution in [-0.2, 0) is 16.0 Å². The Morgan fingerprint density at radius 3 is 2.67 bits per heavy atom. The molecule has 126 valence electrons. The van der Waals surface area contributed by atoms with Crippen molar-refractivity contribution in [1.82, 2.24) is 5.32 Å². The van der Waals surface area contributed by atoms with Crippen LogP contribution in [0.15, 0.2) is 40.8 Å². The fourth-order valence-corrected chi connectivity index (χ4v) is 2.02. The number of nitrogens with zero attached hydrogens (tertiary/aromatic N) is 1. The molecule has 0 saturated heterocycles. The van der Waals surface area contributed by atoms with Crippen molar-refractivity contribution >= 4 is 17.8 Å². The molecule has 1 heterocycles. The van der Waals surface area contributed by atoms with E-state index in [1.54, 1.807) is 0 Å². The fraction of sp³-hybridized carbons (Fsp3) is 0.250. The quantitative estimate of drug-likeness (QED) is 0.471. The lowest BCUT2D eigenvalue weighted by molar-refractivity contribution is -0.402. The molecule has 0 fully saturated rings. The van der Waals surface area contributed by atoms with E-state index in [1.807, 2.05) is 31.2 Å². The van der Waals surface area contributed by atoms with Gasteiger partial charge in [-0.2, -0.15) is 0 Å². The highest BCUT2D eigenvalue weighted by Crippen LogP contribution is 2.16. The molecule has 2 aromatic rings. The highest BCUT2D eigenvalue weighted by atomic mass is 16.7. The lowest BCUT2D eigenvalue weighted by Crippen LogP contribution is -2.30. The first-order valence-electron chi connectivity index (χ1n) is 7.20. The molecule has 0 unspecified atom stereocenters. The van der Waals surface area contributed by atoms with Crippen molar-refractivity contribution in [2.75, 3.05) is 13.2 Å². The van der Waals surface area contributed by atoms with E-state index in [2.05, 4.69) is 9.73 Å². The number of carbonyl (C=O) groups excluding carboxylic acids is 2. The minimum absolute atomic E-state index is 0.325. The van der Waals surface area contributed by atoms with Gasteiger partial charge in [-0.25, -0.2) is 4.79 Å². The number of ether oxygens (including phenoxy) is 1. The van der Waals surface area contributed by atoms with Gasteiger partial charge in [0.05, 0.1) is 6.07 Å². The third kappa shape index (κ3) is 4.67. The monoisotopic (exact) mass is 332 g/mol. The van der Waals surface area contributed by atoms with Crippen molar-refractivity contribution in [2.45, 2.75) is 13.3 Å². The van der Waals surface area contributed by atoms with Crippen molar-refractivity contribution in [3.63, 3.8) is 0 Å². The second kappa shape index (κ2) is 7.91. The van der Waals surface area contributed by atoms with E-state index < -0.39 is 29.3 Å². The number of aryl methyl sites for hydroxylation is 1. The van der Waals surface area contributed by atoms with Crippen molar-refractivity contribution in [3.8, 4) is 0 Å².